The molecule has 0 N–H and O–H groups in total. The summed E-state index contributed by atoms with van der Waals surface area (Å²) in [6, 6.07) is 15.2. The van der Waals surface area contributed by atoms with Crippen molar-refractivity contribution >= 4 is 39.3 Å². The van der Waals surface area contributed by atoms with Gasteiger partial charge in [-0.15, -0.1) is 0 Å². The molecule has 1 aromatic heterocycles. The average molecular weight is 362 g/mol. The van der Waals surface area contributed by atoms with Gasteiger partial charge in [-0.25, -0.2) is 0 Å². The highest BCUT2D eigenvalue weighted by Gasteiger charge is 2.15. The first-order valence-corrected chi connectivity index (χ1v) is 7.02. The molecule has 0 unspecified atom stereocenters. The van der Waals surface area contributed by atoms with Crippen molar-refractivity contribution in [3.63, 3.8) is 0 Å². The summed E-state index contributed by atoms with van der Waals surface area (Å²) in [5, 5.41) is 0.967. The number of rotatable bonds is 2. The van der Waals surface area contributed by atoms with E-state index in [0.29, 0.717) is 11.3 Å². The van der Waals surface area contributed by atoms with Crippen LogP contribution >= 0.6 is 22.6 Å². The van der Waals surface area contributed by atoms with Crippen LogP contribution in [0.2, 0.25) is 0 Å². The van der Waals surface area contributed by atoms with E-state index in [1.807, 2.05) is 55.5 Å². The van der Waals surface area contributed by atoms with Gasteiger partial charge in [-0.2, -0.15) is 0 Å². The van der Waals surface area contributed by atoms with Crippen molar-refractivity contribution in [1.29, 1.82) is 0 Å². The zero-order valence-corrected chi connectivity index (χ0v) is 12.5. The normalized spacial score (nSPS) is 10.8. The Bertz CT molecular complexity index is 754. The Morgan fingerprint density at radius 1 is 1.11 bits per heavy atom. The van der Waals surface area contributed by atoms with E-state index in [-0.39, 0.29) is 5.78 Å². The van der Waals surface area contributed by atoms with Crippen LogP contribution in [0.25, 0.3) is 11.0 Å². The number of hydrogen-bond donors (Lipinski definition) is 0. The molecule has 0 saturated carbocycles. The quantitative estimate of drug-likeness (QED) is 0.494. The maximum atomic E-state index is 12.3. The van der Waals surface area contributed by atoms with E-state index in [1.54, 1.807) is 0 Å². The van der Waals surface area contributed by atoms with Crippen molar-refractivity contribution in [3.05, 3.63) is 69.0 Å². The van der Waals surface area contributed by atoms with Gasteiger partial charge in [-0.05, 0) is 65.4 Å². The number of para-hydroxylation sites is 1. The monoisotopic (exact) mass is 362 g/mol. The molecule has 0 saturated heterocycles. The lowest BCUT2D eigenvalue weighted by atomic mass is 10.1. The van der Waals surface area contributed by atoms with Gasteiger partial charge in [0, 0.05) is 14.5 Å². The van der Waals surface area contributed by atoms with Crippen molar-refractivity contribution in [2.45, 2.75) is 6.92 Å². The number of halogens is 1. The van der Waals surface area contributed by atoms with E-state index in [0.717, 1.165) is 20.1 Å². The highest BCUT2D eigenvalue weighted by molar-refractivity contribution is 14.1. The SMILES string of the molecule is Cc1cccc2cc(C(=O)c3ccc(I)cc3)oc12. The van der Waals surface area contributed by atoms with Crippen molar-refractivity contribution in [1.82, 2.24) is 0 Å². The molecule has 2 aromatic carbocycles. The van der Waals surface area contributed by atoms with Crippen molar-refractivity contribution in [3.8, 4) is 0 Å². The highest BCUT2D eigenvalue weighted by Crippen LogP contribution is 2.24. The molecule has 0 spiro atoms. The van der Waals surface area contributed by atoms with Gasteiger partial charge in [0.05, 0.1) is 0 Å². The highest BCUT2D eigenvalue weighted by atomic mass is 127. The van der Waals surface area contributed by atoms with Crippen LogP contribution in [0.1, 0.15) is 21.7 Å². The zero-order valence-electron chi connectivity index (χ0n) is 10.3. The second kappa shape index (κ2) is 4.81. The summed E-state index contributed by atoms with van der Waals surface area (Å²) in [5.74, 6) is 0.317. The Hall–Kier alpha value is -1.62. The molecule has 3 aromatic rings. The summed E-state index contributed by atoms with van der Waals surface area (Å²) in [5.41, 5.74) is 2.48. The van der Waals surface area contributed by atoms with E-state index in [2.05, 4.69) is 22.6 Å². The van der Waals surface area contributed by atoms with E-state index in [9.17, 15) is 4.79 Å². The molecule has 19 heavy (non-hydrogen) atoms. The third-order valence-corrected chi connectivity index (χ3v) is 3.79. The van der Waals surface area contributed by atoms with Crippen LogP contribution in [0.5, 0.6) is 0 Å². The third kappa shape index (κ3) is 2.30. The second-order valence-electron chi connectivity index (χ2n) is 4.44. The summed E-state index contributed by atoms with van der Waals surface area (Å²) in [6.07, 6.45) is 0. The lowest BCUT2D eigenvalue weighted by Crippen LogP contribution is -1.98. The van der Waals surface area contributed by atoms with Crippen LogP contribution < -0.4 is 0 Å². The topological polar surface area (TPSA) is 30.2 Å². The van der Waals surface area contributed by atoms with Crippen LogP contribution in [0.4, 0.5) is 0 Å². The number of fused-ring (bicyclic) bond motifs is 1. The maximum absolute atomic E-state index is 12.3. The number of aryl methyl sites for hydroxylation is 1. The van der Waals surface area contributed by atoms with Gasteiger partial charge in [-0.3, -0.25) is 4.79 Å². The van der Waals surface area contributed by atoms with Crippen molar-refractivity contribution in [2.75, 3.05) is 0 Å². The van der Waals surface area contributed by atoms with Crippen LogP contribution in [0.3, 0.4) is 0 Å². The Morgan fingerprint density at radius 2 is 1.84 bits per heavy atom. The Labute approximate surface area is 124 Å². The predicted octanol–water partition coefficient (Wildman–Crippen LogP) is 4.58. The van der Waals surface area contributed by atoms with Crippen molar-refractivity contribution in [2.24, 2.45) is 0 Å². The zero-order chi connectivity index (χ0) is 13.4. The van der Waals surface area contributed by atoms with E-state index in [1.165, 1.54) is 0 Å². The fraction of sp³-hybridized carbons (Fsp3) is 0.0625. The molecule has 0 fully saturated rings. The molecular formula is C16H11IO2. The van der Waals surface area contributed by atoms with Crippen LogP contribution in [-0.2, 0) is 0 Å². The minimum absolute atomic E-state index is 0.0769. The molecule has 0 amide bonds. The molecule has 3 heteroatoms. The fourth-order valence-corrected chi connectivity index (χ4v) is 2.42. The number of carbonyl (C=O) groups is 1. The first-order valence-electron chi connectivity index (χ1n) is 5.94. The summed E-state index contributed by atoms with van der Waals surface area (Å²) in [7, 11) is 0. The lowest BCUT2D eigenvalue weighted by molar-refractivity contribution is 0.101. The predicted molar refractivity (Wildman–Crippen MR) is 83.5 cm³/mol. The molecule has 0 aliphatic rings. The van der Waals surface area contributed by atoms with Crippen LogP contribution in [-0.4, -0.2) is 5.78 Å². The maximum Gasteiger partial charge on any atom is 0.228 e. The fourth-order valence-electron chi connectivity index (χ4n) is 2.06. The lowest BCUT2D eigenvalue weighted by Gasteiger charge is -1.97. The molecule has 0 aliphatic carbocycles. The molecule has 0 atom stereocenters. The van der Waals surface area contributed by atoms with E-state index < -0.39 is 0 Å². The Balaban J connectivity index is 2.06. The van der Waals surface area contributed by atoms with Crippen LogP contribution in [0.15, 0.2) is 52.9 Å². The average Bonchev–Trinajstić information content (AvgIpc) is 2.84. The number of furan rings is 1. The summed E-state index contributed by atoms with van der Waals surface area (Å²) < 4.78 is 6.80. The first kappa shape index (κ1) is 12.4. The van der Waals surface area contributed by atoms with Crippen molar-refractivity contribution < 1.29 is 9.21 Å². The molecule has 0 bridgehead atoms. The molecular weight excluding hydrogens is 351 g/mol. The standard InChI is InChI=1S/C16H11IO2/c1-10-3-2-4-12-9-14(19-16(10)12)15(18)11-5-7-13(17)8-6-11/h2-9H,1H3. The van der Waals surface area contributed by atoms with Gasteiger partial charge < -0.3 is 4.42 Å². The van der Waals surface area contributed by atoms with Gasteiger partial charge in [0.2, 0.25) is 5.78 Å². The number of benzene rings is 2. The minimum atomic E-state index is -0.0769. The molecule has 1 heterocycles. The van der Waals surface area contributed by atoms with Gasteiger partial charge >= 0.3 is 0 Å². The number of ketones is 1. The molecule has 94 valence electrons. The van der Waals surface area contributed by atoms with Crippen LogP contribution in [0, 0.1) is 10.5 Å². The number of hydrogen-bond acceptors (Lipinski definition) is 2. The smallest absolute Gasteiger partial charge is 0.228 e. The third-order valence-electron chi connectivity index (χ3n) is 3.07. The molecule has 0 aliphatic heterocycles. The molecule has 0 radical (unpaired) electrons. The first-order chi connectivity index (χ1) is 9.15. The largest absolute Gasteiger partial charge is 0.452 e. The molecule has 3 rings (SSSR count). The Kier molecular flexibility index (Phi) is 3.14. The summed E-state index contributed by atoms with van der Waals surface area (Å²) >= 11 is 2.22. The van der Waals surface area contributed by atoms with Gasteiger partial charge in [0.15, 0.2) is 5.76 Å². The van der Waals surface area contributed by atoms with Gasteiger partial charge in [0.1, 0.15) is 5.58 Å². The van der Waals surface area contributed by atoms with Gasteiger partial charge in [0.25, 0.3) is 0 Å². The van der Waals surface area contributed by atoms with Gasteiger partial charge in [-0.1, -0.05) is 18.2 Å². The summed E-state index contributed by atoms with van der Waals surface area (Å²) in [6.45, 7) is 1.98. The Morgan fingerprint density at radius 3 is 2.53 bits per heavy atom. The van der Waals surface area contributed by atoms with E-state index >= 15 is 0 Å². The minimum Gasteiger partial charge on any atom is -0.452 e. The summed E-state index contributed by atoms with van der Waals surface area (Å²) in [4.78, 5) is 12.3. The molecule has 2 nitrogen and oxygen atoms in total. The van der Waals surface area contributed by atoms with E-state index in [4.69, 9.17) is 4.42 Å². The number of carbonyl (C=O) groups excluding carboxylic acids is 1. The second-order valence-corrected chi connectivity index (χ2v) is 5.69.